The fraction of sp³-hybridized carbons (Fsp3) is 0.533. The number of rotatable bonds is 5. The minimum Gasteiger partial charge on any atom is -0.398 e. The number of amides is 1. The van der Waals surface area contributed by atoms with Gasteiger partial charge in [-0.15, -0.1) is 0 Å². The van der Waals surface area contributed by atoms with Gasteiger partial charge in [0, 0.05) is 32.4 Å². The molecule has 1 aromatic carbocycles. The van der Waals surface area contributed by atoms with Gasteiger partial charge in [-0.1, -0.05) is 18.2 Å². The molecule has 0 bridgehead atoms. The van der Waals surface area contributed by atoms with E-state index >= 15 is 0 Å². The maximum atomic E-state index is 12.1. The fourth-order valence-electron chi connectivity index (χ4n) is 2.16. The molecule has 2 N–H and O–H groups in total. The van der Waals surface area contributed by atoms with Crippen LogP contribution in [0.4, 0.5) is 5.69 Å². The number of hydrogen-bond donors (Lipinski definition) is 1. The number of carbonyl (C=O) groups excluding carboxylic acids is 1. The zero-order valence-electron chi connectivity index (χ0n) is 12.6. The van der Waals surface area contributed by atoms with Crippen LogP contribution in [0.5, 0.6) is 0 Å². The molecule has 0 saturated heterocycles. The third kappa shape index (κ3) is 3.96. The molecule has 1 amide bonds. The third-order valence-corrected chi connectivity index (χ3v) is 3.37. The van der Waals surface area contributed by atoms with Gasteiger partial charge in [0.05, 0.1) is 6.04 Å². The summed E-state index contributed by atoms with van der Waals surface area (Å²) in [4.78, 5) is 15.9. The number of anilines is 1. The highest BCUT2D eigenvalue weighted by Gasteiger charge is 2.25. The lowest BCUT2D eigenvalue weighted by Gasteiger charge is -2.33. The van der Waals surface area contributed by atoms with Crippen LogP contribution in [0.2, 0.25) is 0 Å². The van der Waals surface area contributed by atoms with Gasteiger partial charge in [0.1, 0.15) is 0 Å². The quantitative estimate of drug-likeness (QED) is 0.826. The molecular weight excluding hydrogens is 238 g/mol. The third-order valence-electron chi connectivity index (χ3n) is 3.37. The van der Waals surface area contributed by atoms with E-state index in [0.29, 0.717) is 6.54 Å². The van der Waals surface area contributed by atoms with Gasteiger partial charge in [0.25, 0.3) is 0 Å². The largest absolute Gasteiger partial charge is 0.398 e. The standard InChI is InChI=1S/C15H25N3O/c1-11(2)18(12(3)15(19)17(4)5)10-13-8-6-7-9-14(13)16/h6-9,11-12H,10,16H2,1-5H3. The Morgan fingerprint density at radius 1 is 1.21 bits per heavy atom. The summed E-state index contributed by atoms with van der Waals surface area (Å²) in [7, 11) is 3.57. The van der Waals surface area contributed by atoms with Gasteiger partial charge < -0.3 is 10.6 Å². The Morgan fingerprint density at radius 2 is 1.79 bits per heavy atom. The molecule has 0 aliphatic heterocycles. The molecule has 4 nitrogen and oxygen atoms in total. The van der Waals surface area contributed by atoms with E-state index < -0.39 is 0 Å². The number of nitrogen functional groups attached to an aromatic ring is 1. The molecule has 106 valence electrons. The first-order valence-electron chi connectivity index (χ1n) is 6.65. The van der Waals surface area contributed by atoms with E-state index in [1.807, 2.05) is 31.2 Å². The molecule has 1 unspecified atom stereocenters. The molecule has 4 heteroatoms. The second kappa shape index (κ2) is 6.57. The summed E-state index contributed by atoms with van der Waals surface area (Å²) in [5.41, 5.74) is 7.82. The Labute approximate surface area is 116 Å². The Hall–Kier alpha value is -1.55. The first-order valence-corrected chi connectivity index (χ1v) is 6.65. The number of likely N-dealkylation sites (N-methyl/N-ethyl adjacent to an activating group) is 1. The first kappa shape index (κ1) is 15.5. The second-order valence-corrected chi connectivity index (χ2v) is 5.37. The molecule has 0 spiro atoms. The van der Waals surface area contributed by atoms with E-state index in [2.05, 4.69) is 18.7 Å². The van der Waals surface area contributed by atoms with E-state index in [9.17, 15) is 4.79 Å². The summed E-state index contributed by atoms with van der Waals surface area (Å²) in [6.07, 6.45) is 0. The SMILES string of the molecule is CC(C)N(Cc1ccccc1N)C(C)C(=O)N(C)C. The van der Waals surface area contributed by atoms with Crippen molar-refractivity contribution < 1.29 is 4.79 Å². The molecule has 1 rings (SSSR count). The van der Waals surface area contributed by atoms with Gasteiger partial charge in [-0.25, -0.2) is 0 Å². The van der Waals surface area contributed by atoms with Crippen molar-refractivity contribution in [3.63, 3.8) is 0 Å². The van der Waals surface area contributed by atoms with Crippen LogP contribution in [-0.2, 0) is 11.3 Å². The van der Waals surface area contributed by atoms with E-state index in [-0.39, 0.29) is 18.0 Å². The predicted molar refractivity (Wildman–Crippen MR) is 79.7 cm³/mol. The topological polar surface area (TPSA) is 49.6 Å². The van der Waals surface area contributed by atoms with Crippen LogP contribution < -0.4 is 5.73 Å². The summed E-state index contributed by atoms with van der Waals surface area (Å²) in [5.74, 6) is 0.114. The summed E-state index contributed by atoms with van der Waals surface area (Å²) >= 11 is 0. The highest BCUT2D eigenvalue weighted by molar-refractivity contribution is 5.81. The Bertz CT molecular complexity index is 429. The number of hydrogen-bond acceptors (Lipinski definition) is 3. The molecule has 0 aliphatic rings. The Morgan fingerprint density at radius 3 is 2.26 bits per heavy atom. The van der Waals surface area contributed by atoms with Crippen LogP contribution in [0.1, 0.15) is 26.3 Å². The second-order valence-electron chi connectivity index (χ2n) is 5.37. The molecule has 0 saturated carbocycles. The lowest BCUT2D eigenvalue weighted by molar-refractivity contribution is -0.134. The molecule has 0 radical (unpaired) electrons. The van der Waals surface area contributed by atoms with Crippen LogP contribution >= 0.6 is 0 Å². The van der Waals surface area contributed by atoms with Crippen molar-refractivity contribution in [1.82, 2.24) is 9.80 Å². The van der Waals surface area contributed by atoms with Crippen molar-refractivity contribution in [3.8, 4) is 0 Å². The monoisotopic (exact) mass is 263 g/mol. The van der Waals surface area contributed by atoms with E-state index in [0.717, 1.165) is 11.3 Å². The number of nitrogens with zero attached hydrogens (tertiary/aromatic N) is 2. The van der Waals surface area contributed by atoms with Crippen molar-refractivity contribution in [2.75, 3.05) is 19.8 Å². The summed E-state index contributed by atoms with van der Waals surface area (Å²) in [6, 6.07) is 7.92. The highest BCUT2D eigenvalue weighted by atomic mass is 16.2. The zero-order valence-corrected chi connectivity index (χ0v) is 12.6. The lowest BCUT2D eigenvalue weighted by Crippen LogP contribution is -2.47. The molecule has 0 aromatic heterocycles. The number of carbonyl (C=O) groups is 1. The number of benzene rings is 1. The van der Waals surface area contributed by atoms with Crippen molar-refractivity contribution in [3.05, 3.63) is 29.8 Å². The molecule has 0 fully saturated rings. The van der Waals surface area contributed by atoms with Crippen molar-refractivity contribution >= 4 is 11.6 Å². The Kier molecular flexibility index (Phi) is 5.36. The highest BCUT2D eigenvalue weighted by Crippen LogP contribution is 2.18. The molecule has 19 heavy (non-hydrogen) atoms. The molecule has 1 atom stereocenters. The van der Waals surface area contributed by atoms with Crippen LogP contribution in [0.25, 0.3) is 0 Å². The van der Waals surface area contributed by atoms with E-state index in [1.54, 1.807) is 19.0 Å². The van der Waals surface area contributed by atoms with Gasteiger partial charge in [-0.3, -0.25) is 9.69 Å². The van der Waals surface area contributed by atoms with E-state index in [1.165, 1.54) is 0 Å². The van der Waals surface area contributed by atoms with Crippen molar-refractivity contribution in [1.29, 1.82) is 0 Å². The van der Waals surface area contributed by atoms with Crippen LogP contribution in [-0.4, -0.2) is 41.9 Å². The zero-order chi connectivity index (χ0) is 14.6. The van der Waals surface area contributed by atoms with Gasteiger partial charge in [0.15, 0.2) is 0 Å². The van der Waals surface area contributed by atoms with Crippen molar-refractivity contribution in [2.24, 2.45) is 0 Å². The van der Waals surface area contributed by atoms with Crippen molar-refractivity contribution in [2.45, 2.75) is 39.4 Å². The predicted octanol–water partition coefficient (Wildman–Crippen LogP) is 1.96. The number of nitrogens with two attached hydrogens (primary N) is 1. The Balaban J connectivity index is 2.91. The minimum absolute atomic E-state index is 0.114. The molecular formula is C15H25N3O. The average molecular weight is 263 g/mol. The van der Waals surface area contributed by atoms with Gasteiger partial charge in [-0.2, -0.15) is 0 Å². The fourth-order valence-corrected chi connectivity index (χ4v) is 2.16. The summed E-state index contributed by atoms with van der Waals surface area (Å²) in [6.45, 7) is 6.82. The smallest absolute Gasteiger partial charge is 0.239 e. The van der Waals surface area contributed by atoms with Crippen LogP contribution in [0.3, 0.4) is 0 Å². The summed E-state index contributed by atoms with van der Waals surface area (Å²) in [5, 5.41) is 0. The van der Waals surface area contributed by atoms with Crippen LogP contribution in [0.15, 0.2) is 24.3 Å². The van der Waals surface area contributed by atoms with Gasteiger partial charge >= 0.3 is 0 Å². The molecule has 0 aliphatic carbocycles. The normalized spacial score (nSPS) is 12.8. The van der Waals surface area contributed by atoms with Gasteiger partial charge in [-0.05, 0) is 32.4 Å². The minimum atomic E-state index is -0.158. The maximum absolute atomic E-state index is 12.1. The maximum Gasteiger partial charge on any atom is 0.239 e. The first-order chi connectivity index (χ1) is 8.84. The summed E-state index contributed by atoms with van der Waals surface area (Å²) < 4.78 is 0. The molecule has 0 heterocycles. The van der Waals surface area contributed by atoms with Gasteiger partial charge in [0.2, 0.25) is 5.91 Å². The number of para-hydroxylation sites is 1. The lowest BCUT2D eigenvalue weighted by atomic mass is 10.1. The van der Waals surface area contributed by atoms with Crippen LogP contribution in [0, 0.1) is 0 Å². The van der Waals surface area contributed by atoms with E-state index in [4.69, 9.17) is 5.73 Å². The average Bonchev–Trinajstić information content (AvgIpc) is 2.35. The molecule has 1 aromatic rings.